The lowest BCUT2D eigenvalue weighted by Crippen LogP contribution is -2.25. The molecule has 0 bridgehead atoms. The summed E-state index contributed by atoms with van der Waals surface area (Å²) in [5, 5.41) is 18.7. The Morgan fingerprint density at radius 3 is 2.69 bits per heavy atom. The van der Waals surface area contributed by atoms with Gasteiger partial charge in [-0.05, 0) is 20.3 Å². The normalized spacial score (nSPS) is 14.8. The lowest BCUT2D eigenvalue weighted by Gasteiger charge is -2.19. The fourth-order valence-corrected chi connectivity index (χ4v) is 3.09. The predicted octanol–water partition coefficient (Wildman–Crippen LogP) is 2.40. The van der Waals surface area contributed by atoms with E-state index in [9.17, 15) is 9.90 Å². The van der Waals surface area contributed by atoms with Crippen molar-refractivity contribution in [2.24, 2.45) is 0 Å². The van der Waals surface area contributed by atoms with Crippen molar-refractivity contribution in [3.05, 3.63) is 10.6 Å². The first-order valence-corrected chi connectivity index (χ1v) is 6.72. The van der Waals surface area contributed by atoms with E-state index in [0.29, 0.717) is 22.2 Å². The van der Waals surface area contributed by atoms with Crippen LogP contribution in [0.25, 0.3) is 0 Å². The van der Waals surface area contributed by atoms with Crippen LogP contribution in [-0.4, -0.2) is 32.5 Å². The van der Waals surface area contributed by atoms with Crippen LogP contribution in [0.5, 0.6) is 0 Å². The number of rotatable bonds is 5. The number of carboxylic acid groups (broad SMARTS) is 1. The fourth-order valence-electron chi connectivity index (χ4n) is 0.951. The van der Waals surface area contributed by atoms with Crippen LogP contribution in [0.15, 0.2) is 4.34 Å². The Bertz CT molecular complexity index is 387. The lowest BCUT2D eigenvalue weighted by atomic mass is 10.1. The van der Waals surface area contributed by atoms with E-state index in [0.717, 1.165) is 11.3 Å². The number of aromatic nitrogens is 1. The first-order valence-electron chi connectivity index (χ1n) is 4.91. The first-order chi connectivity index (χ1) is 7.35. The third kappa shape index (κ3) is 3.47. The molecule has 2 N–H and O–H groups in total. The highest BCUT2D eigenvalue weighted by Gasteiger charge is 2.20. The molecule has 0 saturated heterocycles. The summed E-state index contributed by atoms with van der Waals surface area (Å²) in [4.78, 5) is 15.2. The molecular formula is C10H15NO3S2. The third-order valence-electron chi connectivity index (χ3n) is 2.24. The summed E-state index contributed by atoms with van der Waals surface area (Å²) in [7, 11) is 0. The SMILES string of the molecule is CCC(C)(O)CSc1nc(C)c(C(=O)O)s1. The average Bonchev–Trinajstić information content (AvgIpc) is 2.57. The van der Waals surface area contributed by atoms with Crippen LogP contribution >= 0.6 is 23.1 Å². The van der Waals surface area contributed by atoms with E-state index in [2.05, 4.69) is 4.98 Å². The van der Waals surface area contributed by atoms with E-state index in [1.54, 1.807) is 13.8 Å². The molecule has 1 aromatic heterocycles. The summed E-state index contributed by atoms with van der Waals surface area (Å²) in [6.45, 7) is 5.36. The van der Waals surface area contributed by atoms with Crippen LogP contribution in [0.3, 0.4) is 0 Å². The number of aliphatic hydroxyl groups is 1. The van der Waals surface area contributed by atoms with Crippen LogP contribution in [0.4, 0.5) is 0 Å². The van der Waals surface area contributed by atoms with E-state index >= 15 is 0 Å². The van der Waals surface area contributed by atoms with Crippen molar-refractivity contribution in [3.8, 4) is 0 Å². The molecule has 0 fully saturated rings. The molecule has 16 heavy (non-hydrogen) atoms. The molecule has 0 aromatic carbocycles. The molecule has 1 heterocycles. The Labute approximate surface area is 103 Å². The van der Waals surface area contributed by atoms with E-state index in [1.165, 1.54) is 11.8 Å². The number of carboxylic acids is 1. The van der Waals surface area contributed by atoms with Crippen molar-refractivity contribution in [1.29, 1.82) is 0 Å². The van der Waals surface area contributed by atoms with Gasteiger partial charge in [0.15, 0.2) is 4.34 Å². The molecule has 0 aliphatic heterocycles. The summed E-state index contributed by atoms with van der Waals surface area (Å²) >= 11 is 2.56. The topological polar surface area (TPSA) is 70.4 Å². The number of thioether (sulfide) groups is 1. The fraction of sp³-hybridized carbons (Fsp3) is 0.600. The van der Waals surface area contributed by atoms with Gasteiger partial charge in [-0.2, -0.15) is 0 Å². The van der Waals surface area contributed by atoms with Crippen LogP contribution in [0.1, 0.15) is 35.6 Å². The quantitative estimate of drug-likeness (QED) is 0.796. The monoisotopic (exact) mass is 261 g/mol. The molecule has 0 amide bonds. The predicted molar refractivity (Wildman–Crippen MR) is 65.4 cm³/mol. The second-order valence-electron chi connectivity index (χ2n) is 3.84. The van der Waals surface area contributed by atoms with Crippen LogP contribution in [0.2, 0.25) is 0 Å². The summed E-state index contributed by atoms with van der Waals surface area (Å²) in [6, 6.07) is 0. The highest BCUT2D eigenvalue weighted by Crippen LogP contribution is 2.30. The molecule has 90 valence electrons. The van der Waals surface area contributed by atoms with Gasteiger partial charge in [-0.25, -0.2) is 9.78 Å². The second kappa shape index (κ2) is 5.16. The molecular weight excluding hydrogens is 246 g/mol. The van der Waals surface area contributed by atoms with Crippen molar-refractivity contribution in [1.82, 2.24) is 4.98 Å². The number of hydrogen-bond acceptors (Lipinski definition) is 5. The zero-order valence-electron chi connectivity index (χ0n) is 9.48. The Morgan fingerprint density at radius 1 is 1.62 bits per heavy atom. The summed E-state index contributed by atoms with van der Waals surface area (Å²) in [5.41, 5.74) is -0.190. The van der Waals surface area contributed by atoms with E-state index < -0.39 is 11.6 Å². The van der Waals surface area contributed by atoms with Crippen molar-refractivity contribution >= 4 is 29.1 Å². The van der Waals surface area contributed by atoms with Crippen LogP contribution in [0, 0.1) is 6.92 Å². The van der Waals surface area contributed by atoms with Gasteiger partial charge in [-0.3, -0.25) is 0 Å². The highest BCUT2D eigenvalue weighted by atomic mass is 32.2. The third-order valence-corrected chi connectivity index (χ3v) is 4.89. The molecule has 6 heteroatoms. The largest absolute Gasteiger partial charge is 0.477 e. The molecule has 4 nitrogen and oxygen atoms in total. The van der Waals surface area contributed by atoms with Crippen LogP contribution in [-0.2, 0) is 0 Å². The van der Waals surface area contributed by atoms with E-state index in [4.69, 9.17) is 5.11 Å². The van der Waals surface area contributed by atoms with Gasteiger partial charge in [0.25, 0.3) is 0 Å². The first kappa shape index (κ1) is 13.5. The summed E-state index contributed by atoms with van der Waals surface area (Å²) < 4.78 is 0.698. The van der Waals surface area contributed by atoms with Crippen molar-refractivity contribution < 1.29 is 15.0 Å². The number of thiazole rings is 1. The number of nitrogens with zero attached hydrogens (tertiary/aromatic N) is 1. The van der Waals surface area contributed by atoms with Gasteiger partial charge >= 0.3 is 5.97 Å². The maximum atomic E-state index is 10.8. The van der Waals surface area contributed by atoms with Gasteiger partial charge in [-0.1, -0.05) is 18.7 Å². The molecule has 0 saturated carbocycles. The highest BCUT2D eigenvalue weighted by molar-refractivity contribution is 8.01. The minimum Gasteiger partial charge on any atom is -0.477 e. The zero-order chi connectivity index (χ0) is 12.3. The van der Waals surface area contributed by atoms with Gasteiger partial charge < -0.3 is 10.2 Å². The molecule has 0 radical (unpaired) electrons. The molecule has 0 aliphatic rings. The van der Waals surface area contributed by atoms with E-state index in [1.807, 2.05) is 6.92 Å². The van der Waals surface area contributed by atoms with Gasteiger partial charge in [0, 0.05) is 5.75 Å². The minimum atomic E-state index is -0.941. The molecule has 1 aromatic rings. The standard InChI is InChI=1S/C10H15NO3S2/c1-4-10(3,14)5-15-9-11-6(2)7(16-9)8(12)13/h14H,4-5H2,1-3H3,(H,12,13). The van der Waals surface area contributed by atoms with Gasteiger partial charge in [0.05, 0.1) is 11.3 Å². The average molecular weight is 261 g/mol. The maximum Gasteiger partial charge on any atom is 0.347 e. The van der Waals surface area contributed by atoms with Crippen molar-refractivity contribution in [2.45, 2.75) is 37.1 Å². The van der Waals surface area contributed by atoms with Gasteiger partial charge in [-0.15, -0.1) is 11.3 Å². The molecule has 1 unspecified atom stereocenters. The van der Waals surface area contributed by atoms with Crippen molar-refractivity contribution in [3.63, 3.8) is 0 Å². The Hall–Kier alpha value is -0.590. The summed E-state index contributed by atoms with van der Waals surface area (Å²) in [6.07, 6.45) is 0.663. The van der Waals surface area contributed by atoms with E-state index in [-0.39, 0.29) is 4.88 Å². The number of aromatic carboxylic acids is 1. The lowest BCUT2D eigenvalue weighted by molar-refractivity contribution is 0.0700. The maximum absolute atomic E-state index is 10.8. The molecule has 1 atom stereocenters. The number of carbonyl (C=O) groups is 1. The minimum absolute atomic E-state index is 0.277. The Kier molecular flexibility index (Phi) is 4.35. The van der Waals surface area contributed by atoms with Crippen LogP contribution < -0.4 is 0 Å². The molecule has 0 aliphatic carbocycles. The second-order valence-corrected chi connectivity index (χ2v) is 6.06. The summed E-state index contributed by atoms with van der Waals surface area (Å²) in [5.74, 6) is -0.417. The van der Waals surface area contributed by atoms with Gasteiger partial charge in [0.1, 0.15) is 4.88 Å². The zero-order valence-corrected chi connectivity index (χ0v) is 11.1. The van der Waals surface area contributed by atoms with Crippen molar-refractivity contribution in [2.75, 3.05) is 5.75 Å². The molecule has 1 rings (SSSR count). The number of aryl methyl sites for hydroxylation is 1. The Morgan fingerprint density at radius 2 is 2.25 bits per heavy atom. The smallest absolute Gasteiger partial charge is 0.347 e. The number of hydrogen-bond donors (Lipinski definition) is 2. The molecule has 0 spiro atoms. The van der Waals surface area contributed by atoms with Gasteiger partial charge in [0.2, 0.25) is 0 Å². The Balaban J connectivity index is 2.69.